The summed E-state index contributed by atoms with van der Waals surface area (Å²) in [5.41, 5.74) is 5.38. The largest absolute Gasteiger partial charge is 0.493 e. The molecule has 0 saturated carbocycles. The van der Waals surface area contributed by atoms with Crippen LogP contribution >= 0.6 is 0 Å². The lowest BCUT2D eigenvalue weighted by Gasteiger charge is -2.32. The first-order valence-corrected chi connectivity index (χ1v) is 7.26. The monoisotopic (exact) mass is 260 g/mol. The van der Waals surface area contributed by atoms with Crippen LogP contribution in [0.15, 0.2) is 0 Å². The van der Waals surface area contributed by atoms with E-state index in [1.54, 1.807) is 0 Å². The Kier molecular flexibility index (Phi) is 2.58. The van der Waals surface area contributed by atoms with Crippen LogP contribution in [-0.4, -0.2) is 39.4 Å². The second kappa shape index (κ2) is 4.30. The summed E-state index contributed by atoms with van der Waals surface area (Å²) in [4.78, 5) is 2.48. The van der Waals surface area contributed by atoms with Crippen molar-refractivity contribution in [3.8, 4) is 11.5 Å². The summed E-state index contributed by atoms with van der Waals surface area (Å²) >= 11 is 0. The van der Waals surface area contributed by atoms with Gasteiger partial charge in [-0.1, -0.05) is 0 Å². The van der Waals surface area contributed by atoms with Gasteiger partial charge in [0.25, 0.3) is 0 Å². The highest BCUT2D eigenvalue weighted by Crippen LogP contribution is 2.48. The molecule has 4 nitrogen and oxygen atoms in total. The lowest BCUT2D eigenvalue weighted by atomic mass is 9.97. The van der Waals surface area contributed by atoms with Crippen LogP contribution in [0.2, 0.25) is 0 Å². The summed E-state index contributed by atoms with van der Waals surface area (Å²) < 4.78 is 11.9. The van der Waals surface area contributed by atoms with Gasteiger partial charge >= 0.3 is 0 Å². The fraction of sp³-hybridized carbons (Fsp3) is 0.600. The molecule has 0 spiro atoms. The summed E-state index contributed by atoms with van der Waals surface area (Å²) in [6, 6.07) is 0. The van der Waals surface area contributed by atoms with Crippen LogP contribution in [0.3, 0.4) is 0 Å². The molecule has 1 saturated heterocycles. The van der Waals surface area contributed by atoms with Gasteiger partial charge in [0, 0.05) is 50.1 Å². The standard InChI is InChI=1S/C15H20N2O2/c1-10-11-2-8-19-15(11)13(12-3-9-18-14(10)12)17-6-4-16-5-7-17/h16H,2-9H2,1H3. The number of benzene rings is 1. The Morgan fingerprint density at radius 2 is 1.63 bits per heavy atom. The fourth-order valence-corrected chi connectivity index (χ4v) is 3.54. The number of hydrogen-bond acceptors (Lipinski definition) is 4. The van der Waals surface area contributed by atoms with Crippen molar-refractivity contribution in [2.75, 3.05) is 44.3 Å². The Hall–Kier alpha value is -1.42. The number of rotatable bonds is 1. The number of hydrogen-bond donors (Lipinski definition) is 1. The average Bonchev–Trinajstić information content (AvgIpc) is 3.09. The van der Waals surface area contributed by atoms with Gasteiger partial charge in [-0.25, -0.2) is 0 Å². The van der Waals surface area contributed by atoms with Crippen molar-refractivity contribution in [1.29, 1.82) is 0 Å². The molecule has 3 aliphatic rings. The predicted molar refractivity (Wildman–Crippen MR) is 74.7 cm³/mol. The van der Waals surface area contributed by atoms with E-state index in [2.05, 4.69) is 17.1 Å². The number of ether oxygens (including phenoxy) is 2. The molecular formula is C15H20N2O2. The highest BCUT2D eigenvalue weighted by atomic mass is 16.5. The van der Waals surface area contributed by atoms with E-state index in [0.717, 1.165) is 63.7 Å². The maximum atomic E-state index is 5.97. The summed E-state index contributed by atoms with van der Waals surface area (Å²) in [5, 5.41) is 3.42. The third-order valence-corrected chi connectivity index (χ3v) is 4.47. The summed E-state index contributed by atoms with van der Waals surface area (Å²) in [6.45, 7) is 8.04. The minimum absolute atomic E-state index is 0.818. The van der Waals surface area contributed by atoms with E-state index in [9.17, 15) is 0 Å². The molecule has 1 aromatic rings. The van der Waals surface area contributed by atoms with Crippen LogP contribution in [0.4, 0.5) is 5.69 Å². The predicted octanol–water partition coefficient (Wildman–Crippen LogP) is 1.27. The number of fused-ring (bicyclic) bond motifs is 2. The van der Waals surface area contributed by atoms with Crippen molar-refractivity contribution in [3.63, 3.8) is 0 Å². The number of anilines is 1. The third kappa shape index (κ3) is 1.62. The summed E-state index contributed by atoms with van der Waals surface area (Å²) in [5.74, 6) is 2.28. The Balaban J connectivity index is 1.89. The molecule has 19 heavy (non-hydrogen) atoms. The van der Waals surface area contributed by atoms with E-state index in [1.807, 2.05) is 0 Å². The van der Waals surface area contributed by atoms with Crippen LogP contribution in [0.25, 0.3) is 0 Å². The van der Waals surface area contributed by atoms with Crippen molar-refractivity contribution >= 4 is 5.69 Å². The van der Waals surface area contributed by atoms with Crippen molar-refractivity contribution in [1.82, 2.24) is 5.32 Å². The maximum absolute atomic E-state index is 5.97. The molecule has 0 atom stereocenters. The van der Waals surface area contributed by atoms with Crippen LogP contribution in [0.1, 0.15) is 16.7 Å². The molecule has 3 aliphatic heterocycles. The van der Waals surface area contributed by atoms with Crippen molar-refractivity contribution in [3.05, 3.63) is 16.7 Å². The molecule has 102 valence electrons. The van der Waals surface area contributed by atoms with Gasteiger partial charge in [-0.3, -0.25) is 0 Å². The normalized spacial score (nSPS) is 20.8. The highest BCUT2D eigenvalue weighted by Gasteiger charge is 2.32. The lowest BCUT2D eigenvalue weighted by molar-refractivity contribution is 0.354. The number of nitrogens with one attached hydrogen (secondary N) is 1. The first-order valence-electron chi connectivity index (χ1n) is 7.26. The van der Waals surface area contributed by atoms with Crippen LogP contribution < -0.4 is 19.7 Å². The molecule has 0 amide bonds. The second-order valence-electron chi connectivity index (χ2n) is 5.52. The zero-order valence-electron chi connectivity index (χ0n) is 11.4. The molecule has 3 heterocycles. The number of nitrogens with zero attached hydrogens (tertiary/aromatic N) is 1. The molecule has 0 radical (unpaired) electrons. The first-order chi connectivity index (χ1) is 9.36. The van der Waals surface area contributed by atoms with Crippen LogP contribution in [0.5, 0.6) is 11.5 Å². The van der Waals surface area contributed by atoms with Gasteiger partial charge < -0.3 is 19.7 Å². The van der Waals surface area contributed by atoms with Gasteiger partial charge in [0.2, 0.25) is 0 Å². The number of piperazine rings is 1. The quantitative estimate of drug-likeness (QED) is 0.824. The van der Waals surface area contributed by atoms with E-state index in [-0.39, 0.29) is 0 Å². The van der Waals surface area contributed by atoms with Gasteiger partial charge in [-0.05, 0) is 12.5 Å². The van der Waals surface area contributed by atoms with Crippen LogP contribution in [-0.2, 0) is 12.8 Å². The SMILES string of the molecule is Cc1c2c(c(N3CCNCC3)c3c1OCC3)OCC2. The minimum Gasteiger partial charge on any atom is -0.493 e. The van der Waals surface area contributed by atoms with Gasteiger partial charge in [-0.2, -0.15) is 0 Å². The Morgan fingerprint density at radius 1 is 0.947 bits per heavy atom. The Morgan fingerprint density at radius 3 is 2.42 bits per heavy atom. The molecule has 0 aliphatic carbocycles. The van der Waals surface area contributed by atoms with Gasteiger partial charge in [0.05, 0.1) is 18.9 Å². The zero-order valence-corrected chi connectivity index (χ0v) is 11.4. The average molecular weight is 260 g/mol. The van der Waals surface area contributed by atoms with E-state index in [1.165, 1.54) is 22.4 Å². The zero-order chi connectivity index (χ0) is 12.8. The summed E-state index contributed by atoms with van der Waals surface area (Å²) in [7, 11) is 0. The molecule has 0 unspecified atom stereocenters. The van der Waals surface area contributed by atoms with E-state index in [0.29, 0.717) is 0 Å². The molecule has 0 bridgehead atoms. The minimum atomic E-state index is 0.818. The lowest BCUT2D eigenvalue weighted by Crippen LogP contribution is -2.44. The van der Waals surface area contributed by atoms with Crippen molar-refractivity contribution in [2.24, 2.45) is 0 Å². The molecular weight excluding hydrogens is 240 g/mol. The fourth-order valence-electron chi connectivity index (χ4n) is 3.54. The second-order valence-corrected chi connectivity index (χ2v) is 5.52. The van der Waals surface area contributed by atoms with Crippen LogP contribution in [0, 0.1) is 6.92 Å². The van der Waals surface area contributed by atoms with Gasteiger partial charge in [-0.15, -0.1) is 0 Å². The Bertz CT molecular complexity index is 486. The smallest absolute Gasteiger partial charge is 0.146 e. The molecule has 0 aromatic heterocycles. The molecule has 4 rings (SSSR count). The summed E-state index contributed by atoms with van der Waals surface area (Å²) in [6.07, 6.45) is 2.04. The van der Waals surface area contributed by atoms with Gasteiger partial charge in [0.1, 0.15) is 11.5 Å². The van der Waals surface area contributed by atoms with Crippen molar-refractivity contribution in [2.45, 2.75) is 19.8 Å². The topological polar surface area (TPSA) is 33.7 Å². The van der Waals surface area contributed by atoms with E-state index >= 15 is 0 Å². The third-order valence-electron chi connectivity index (χ3n) is 4.47. The maximum Gasteiger partial charge on any atom is 0.146 e. The van der Waals surface area contributed by atoms with E-state index < -0.39 is 0 Å². The van der Waals surface area contributed by atoms with E-state index in [4.69, 9.17) is 9.47 Å². The molecule has 1 N–H and O–H groups in total. The molecule has 1 aromatic carbocycles. The highest BCUT2D eigenvalue weighted by molar-refractivity contribution is 5.75. The Labute approximate surface area is 113 Å². The molecule has 1 fully saturated rings. The van der Waals surface area contributed by atoms with Gasteiger partial charge in [0.15, 0.2) is 0 Å². The first kappa shape index (κ1) is 11.4. The molecule has 4 heteroatoms. The van der Waals surface area contributed by atoms with Crippen molar-refractivity contribution < 1.29 is 9.47 Å².